The van der Waals surface area contributed by atoms with Gasteiger partial charge in [0.2, 0.25) is 0 Å². The van der Waals surface area contributed by atoms with Crippen LogP contribution < -0.4 is 14.8 Å². The lowest BCUT2D eigenvalue weighted by molar-refractivity contribution is 0.0958. The number of amides is 1. The van der Waals surface area contributed by atoms with Gasteiger partial charge in [-0.1, -0.05) is 24.0 Å². The summed E-state index contributed by atoms with van der Waals surface area (Å²) in [6.07, 6.45) is 0. The van der Waals surface area contributed by atoms with Crippen molar-refractivity contribution in [3.05, 3.63) is 59.7 Å². The van der Waals surface area contributed by atoms with E-state index in [4.69, 9.17) is 9.47 Å². The van der Waals surface area contributed by atoms with E-state index in [1.165, 1.54) is 0 Å². The molecular formula is C19H19NO3. The van der Waals surface area contributed by atoms with Crippen molar-refractivity contribution in [3.63, 3.8) is 0 Å². The van der Waals surface area contributed by atoms with E-state index in [-0.39, 0.29) is 12.5 Å². The summed E-state index contributed by atoms with van der Waals surface area (Å²) < 4.78 is 10.6. The minimum absolute atomic E-state index is 0.164. The number of benzene rings is 2. The smallest absolute Gasteiger partial charge is 0.252 e. The Bertz CT molecular complexity index is 711. The molecule has 0 bridgehead atoms. The van der Waals surface area contributed by atoms with Crippen LogP contribution in [0.3, 0.4) is 0 Å². The summed E-state index contributed by atoms with van der Waals surface area (Å²) in [5.41, 5.74) is 1.37. The van der Waals surface area contributed by atoms with Crippen molar-refractivity contribution in [2.24, 2.45) is 0 Å². The molecule has 0 unspecified atom stereocenters. The van der Waals surface area contributed by atoms with Gasteiger partial charge in [0, 0.05) is 5.56 Å². The molecule has 0 aliphatic rings. The zero-order valence-electron chi connectivity index (χ0n) is 13.3. The molecular weight excluding hydrogens is 290 g/mol. The predicted molar refractivity (Wildman–Crippen MR) is 89.8 cm³/mol. The molecule has 23 heavy (non-hydrogen) atoms. The van der Waals surface area contributed by atoms with Gasteiger partial charge < -0.3 is 14.8 Å². The highest BCUT2D eigenvalue weighted by molar-refractivity contribution is 5.94. The first-order valence-electron chi connectivity index (χ1n) is 7.37. The maximum atomic E-state index is 12.0. The summed E-state index contributed by atoms with van der Waals surface area (Å²) in [7, 11) is 1.61. The van der Waals surface area contributed by atoms with Gasteiger partial charge in [0.05, 0.1) is 25.8 Å². The lowest BCUT2D eigenvalue weighted by Gasteiger charge is -2.04. The molecule has 0 heterocycles. The third kappa shape index (κ3) is 4.79. The standard InChI is InChI=1S/C19H19NO3/c1-3-23-17-12-10-16(11-13-17)19(21)20-14-6-8-15-7-4-5-9-18(15)22-2/h4-5,7,9-13H,3,14H2,1-2H3,(H,20,21). The van der Waals surface area contributed by atoms with Gasteiger partial charge >= 0.3 is 0 Å². The van der Waals surface area contributed by atoms with E-state index < -0.39 is 0 Å². The van der Waals surface area contributed by atoms with Gasteiger partial charge in [-0.25, -0.2) is 0 Å². The molecule has 2 aromatic rings. The highest BCUT2D eigenvalue weighted by Crippen LogP contribution is 2.15. The highest BCUT2D eigenvalue weighted by Gasteiger charge is 2.04. The van der Waals surface area contributed by atoms with Crippen LogP contribution in [-0.4, -0.2) is 26.2 Å². The highest BCUT2D eigenvalue weighted by atomic mass is 16.5. The molecule has 1 N–H and O–H groups in total. The van der Waals surface area contributed by atoms with E-state index in [1.807, 2.05) is 31.2 Å². The molecule has 0 aliphatic heterocycles. The molecule has 0 saturated carbocycles. The normalized spacial score (nSPS) is 9.48. The van der Waals surface area contributed by atoms with Crippen LogP contribution in [0.25, 0.3) is 0 Å². The maximum absolute atomic E-state index is 12.0. The third-order valence-electron chi connectivity index (χ3n) is 3.09. The van der Waals surface area contributed by atoms with E-state index in [0.717, 1.165) is 17.1 Å². The molecule has 0 aliphatic carbocycles. The summed E-state index contributed by atoms with van der Waals surface area (Å²) in [4.78, 5) is 12.0. The van der Waals surface area contributed by atoms with Gasteiger partial charge in [0.15, 0.2) is 0 Å². The number of carbonyl (C=O) groups excluding carboxylic acids is 1. The molecule has 0 atom stereocenters. The van der Waals surface area contributed by atoms with Crippen LogP contribution in [0.5, 0.6) is 11.5 Å². The van der Waals surface area contributed by atoms with E-state index in [9.17, 15) is 4.79 Å². The number of nitrogens with one attached hydrogen (secondary N) is 1. The number of rotatable bonds is 5. The monoisotopic (exact) mass is 309 g/mol. The van der Waals surface area contributed by atoms with Crippen molar-refractivity contribution in [3.8, 4) is 23.3 Å². The van der Waals surface area contributed by atoms with E-state index in [2.05, 4.69) is 17.2 Å². The SMILES string of the molecule is CCOc1ccc(C(=O)NCC#Cc2ccccc2OC)cc1. The fourth-order valence-electron chi connectivity index (χ4n) is 1.98. The Kier molecular flexibility index (Phi) is 6.07. The van der Waals surface area contributed by atoms with Crippen LogP contribution in [0.1, 0.15) is 22.8 Å². The molecule has 4 heteroatoms. The second-order valence-corrected chi connectivity index (χ2v) is 4.64. The molecule has 4 nitrogen and oxygen atoms in total. The Morgan fingerprint density at radius 1 is 1.13 bits per heavy atom. The predicted octanol–water partition coefficient (Wildman–Crippen LogP) is 2.88. The molecule has 0 spiro atoms. The van der Waals surface area contributed by atoms with Crippen LogP contribution in [0.4, 0.5) is 0 Å². The van der Waals surface area contributed by atoms with E-state index in [0.29, 0.717) is 12.2 Å². The zero-order chi connectivity index (χ0) is 16.5. The quantitative estimate of drug-likeness (QED) is 0.864. The Morgan fingerprint density at radius 3 is 2.57 bits per heavy atom. The minimum Gasteiger partial charge on any atom is -0.495 e. The molecule has 0 radical (unpaired) electrons. The van der Waals surface area contributed by atoms with Gasteiger partial charge in [0.25, 0.3) is 5.91 Å². The number of hydrogen-bond acceptors (Lipinski definition) is 3. The average Bonchev–Trinajstić information content (AvgIpc) is 2.60. The Labute approximate surface area is 136 Å². The van der Waals surface area contributed by atoms with Crippen molar-refractivity contribution in [1.82, 2.24) is 5.32 Å². The zero-order valence-corrected chi connectivity index (χ0v) is 13.3. The molecule has 1 amide bonds. The van der Waals surface area contributed by atoms with Crippen LogP contribution >= 0.6 is 0 Å². The molecule has 2 rings (SSSR count). The summed E-state index contributed by atoms with van der Waals surface area (Å²) in [5.74, 6) is 7.22. The van der Waals surface area contributed by atoms with Crippen molar-refractivity contribution < 1.29 is 14.3 Å². The van der Waals surface area contributed by atoms with Crippen molar-refractivity contribution in [2.75, 3.05) is 20.3 Å². The molecule has 0 fully saturated rings. The first kappa shape index (κ1) is 16.4. The molecule has 0 aromatic heterocycles. The molecule has 2 aromatic carbocycles. The second kappa shape index (κ2) is 8.50. The second-order valence-electron chi connectivity index (χ2n) is 4.64. The first-order valence-corrected chi connectivity index (χ1v) is 7.37. The van der Waals surface area contributed by atoms with Gasteiger partial charge in [-0.2, -0.15) is 0 Å². The fraction of sp³-hybridized carbons (Fsp3) is 0.211. The lowest BCUT2D eigenvalue weighted by Crippen LogP contribution is -2.23. The number of carbonyl (C=O) groups is 1. The first-order chi connectivity index (χ1) is 11.2. The number of para-hydroxylation sites is 1. The Balaban J connectivity index is 1.91. The van der Waals surface area contributed by atoms with Crippen molar-refractivity contribution in [1.29, 1.82) is 0 Å². The largest absolute Gasteiger partial charge is 0.495 e. The van der Waals surface area contributed by atoms with Crippen LogP contribution in [-0.2, 0) is 0 Å². The lowest BCUT2D eigenvalue weighted by atomic mass is 10.2. The summed E-state index contributed by atoms with van der Waals surface area (Å²) >= 11 is 0. The number of ether oxygens (including phenoxy) is 2. The van der Waals surface area contributed by atoms with E-state index in [1.54, 1.807) is 31.4 Å². The van der Waals surface area contributed by atoms with Crippen molar-refractivity contribution in [2.45, 2.75) is 6.92 Å². The summed E-state index contributed by atoms with van der Waals surface area (Å²) in [6, 6.07) is 14.5. The van der Waals surface area contributed by atoms with Crippen LogP contribution in [0, 0.1) is 11.8 Å². The minimum atomic E-state index is -0.164. The Hall–Kier alpha value is -2.93. The van der Waals surface area contributed by atoms with Gasteiger partial charge in [-0.15, -0.1) is 0 Å². The third-order valence-corrected chi connectivity index (χ3v) is 3.09. The van der Waals surface area contributed by atoms with Crippen molar-refractivity contribution >= 4 is 5.91 Å². The summed E-state index contributed by atoms with van der Waals surface area (Å²) in [6.45, 7) is 2.79. The fourth-order valence-corrected chi connectivity index (χ4v) is 1.98. The number of methoxy groups -OCH3 is 1. The molecule has 118 valence electrons. The Morgan fingerprint density at radius 2 is 1.87 bits per heavy atom. The average molecular weight is 309 g/mol. The van der Waals surface area contributed by atoms with Gasteiger partial charge in [-0.3, -0.25) is 4.79 Å². The topological polar surface area (TPSA) is 47.6 Å². The number of hydrogen-bond donors (Lipinski definition) is 1. The van der Waals surface area contributed by atoms with Gasteiger partial charge in [0.1, 0.15) is 11.5 Å². The van der Waals surface area contributed by atoms with Crippen LogP contribution in [0.15, 0.2) is 48.5 Å². The molecule has 0 saturated heterocycles. The summed E-state index contributed by atoms with van der Waals surface area (Å²) in [5, 5.41) is 2.76. The van der Waals surface area contributed by atoms with Crippen LogP contribution in [0.2, 0.25) is 0 Å². The van der Waals surface area contributed by atoms with E-state index >= 15 is 0 Å². The van der Waals surface area contributed by atoms with Gasteiger partial charge in [-0.05, 0) is 43.3 Å². The maximum Gasteiger partial charge on any atom is 0.252 e.